The monoisotopic (exact) mass is 193 g/mol. The Kier molecular flexibility index (Phi) is 2.59. The summed E-state index contributed by atoms with van der Waals surface area (Å²) >= 11 is 0. The van der Waals surface area contributed by atoms with Crippen LogP contribution >= 0.6 is 0 Å². The van der Waals surface area contributed by atoms with Gasteiger partial charge in [-0.2, -0.15) is 0 Å². The molecule has 2 rings (SSSR count). The molecule has 1 fully saturated rings. The highest BCUT2D eigenvalue weighted by Crippen LogP contribution is 2.28. The average Bonchev–Trinajstić information content (AvgIpc) is 2.64. The molecule has 1 atom stereocenters. The predicted octanol–water partition coefficient (Wildman–Crippen LogP) is 1.44. The molecule has 1 aliphatic heterocycles. The fourth-order valence-corrected chi connectivity index (χ4v) is 1.62. The second-order valence-corrected chi connectivity index (χ2v) is 3.70. The Morgan fingerprint density at radius 3 is 3.07 bits per heavy atom. The molecular formula is C11H15NO2. The Hall–Kier alpha value is -1.22. The molecule has 0 aromatic heterocycles. The first-order chi connectivity index (χ1) is 6.75. The van der Waals surface area contributed by atoms with E-state index in [0.717, 1.165) is 25.1 Å². The number of phenols is 1. The van der Waals surface area contributed by atoms with Gasteiger partial charge in [-0.15, -0.1) is 0 Å². The maximum Gasteiger partial charge on any atom is 0.161 e. The molecule has 1 aromatic rings. The van der Waals surface area contributed by atoms with Crippen molar-refractivity contribution in [2.45, 2.75) is 19.4 Å². The first kappa shape index (κ1) is 9.34. The van der Waals surface area contributed by atoms with Crippen LogP contribution in [0.25, 0.3) is 0 Å². The smallest absolute Gasteiger partial charge is 0.161 e. The van der Waals surface area contributed by atoms with Gasteiger partial charge in [0.1, 0.15) is 6.10 Å². The van der Waals surface area contributed by atoms with Crippen LogP contribution in [0.3, 0.4) is 0 Å². The maximum absolute atomic E-state index is 9.55. The maximum atomic E-state index is 9.55. The highest BCUT2D eigenvalue weighted by molar-refractivity contribution is 5.41. The van der Waals surface area contributed by atoms with E-state index < -0.39 is 0 Å². The Morgan fingerprint density at radius 2 is 2.36 bits per heavy atom. The van der Waals surface area contributed by atoms with Crippen LogP contribution in [0.1, 0.15) is 12.0 Å². The summed E-state index contributed by atoms with van der Waals surface area (Å²) in [5.41, 5.74) is 1.10. The normalized spacial score (nSPS) is 21.1. The molecule has 1 unspecified atom stereocenters. The van der Waals surface area contributed by atoms with Gasteiger partial charge in [0.25, 0.3) is 0 Å². The third-order valence-electron chi connectivity index (χ3n) is 2.42. The molecular weight excluding hydrogens is 178 g/mol. The summed E-state index contributed by atoms with van der Waals surface area (Å²) in [7, 11) is 0. The molecule has 3 heteroatoms. The fraction of sp³-hybridized carbons (Fsp3) is 0.455. The molecule has 14 heavy (non-hydrogen) atoms. The minimum absolute atomic E-state index is 0.197. The lowest BCUT2D eigenvalue weighted by atomic mass is 10.2. The van der Waals surface area contributed by atoms with Crippen molar-refractivity contribution in [2.75, 3.05) is 13.1 Å². The summed E-state index contributed by atoms with van der Waals surface area (Å²) in [6.07, 6.45) is 1.20. The largest absolute Gasteiger partial charge is 0.504 e. The summed E-state index contributed by atoms with van der Waals surface area (Å²) in [6.45, 7) is 3.85. The number of nitrogens with one attached hydrogen (secondary N) is 1. The van der Waals surface area contributed by atoms with Crippen LogP contribution < -0.4 is 10.1 Å². The highest BCUT2D eigenvalue weighted by atomic mass is 16.5. The molecule has 0 bridgehead atoms. The molecule has 1 aliphatic rings. The summed E-state index contributed by atoms with van der Waals surface area (Å²) in [5, 5.41) is 12.8. The van der Waals surface area contributed by atoms with Crippen LogP contribution in [0.15, 0.2) is 18.2 Å². The lowest BCUT2D eigenvalue weighted by molar-refractivity contribution is 0.214. The number of benzene rings is 1. The van der Waals surface area contributed by atoms with Crippen molar-refractivity contribution < 1.29 is 9.84 Å². The van der Waals surface area contributed by atoms with E-state index >= 15 is 0 Å². The number of phenolic OH excluding ortho intramolecular Hbond substituents is 1. The fourth-order valence-electron chi connectivity index (χ4n) is 1.62. The molecule has 0 radical (unpaired) electrons. The van der Waals surface area contributed by atoms with Crippen LogP contribution in [-0.4, -0.2) is 24.3 Å². The zero-order valence-corrected chi connectivity index (χ0v) is 8.29. The van der Waals surface area contributed by atoms with E-state index in [2.05, 4.69) is 5.32 Å². The molecule has 1 aromatic carbocycles. The molecule has 0 amide bonds. The van der Waals surface area contributed by atoms with E-state index in [0.29, 0.717) is 5.75 Å². The topological polar surface area (TPSA) is 41.5 Å². The molecule has 1 heterocycles. The van der Waals surface area contributed by atoms with Crippen LogP contribution in [0, 0.1) is 6.92 Å². The van der Waals surface area contributed by atoms with E-state index in [1.54, 1.807) is 6.07 Å². The van der Waals surface area contributed by atoms with Gasteiger partial charge in [0, 0.05) is 6.54 Å². The molecule has 0 saturated carbocycles. The first-order valence-corrected chi connectivity index (χ1v) is 4.93. The number of hydrogen-bond donors (Lipinski definition) is 2. The lowest BCUT2D eigenvalue weighted by Crippen LogP contribution is -2.19. The lowest BCUT2D eigenvalue weighted by Gasteiger charge is -2.13. The van der Waals surface area contributed by atoms with Gasteiger partial charge < -0.3 is 15.2 Å². The summed E-state index contributed by atoms with van der Waals surface area (Å²) in [5.74, 6) is 0.821. The number of ether oxygens (including phenoxy) is 1. The van der Waals surface area contributed by atoms with Crippen molar-refractivity contribution in [1.82, 2.24) is 5.32 Å². The van der Waals surface area contributed by atoms with Gasteiger partial charge in [-0.1, -0.05) is 6.07 Å². The van der Waals surface area contributed by atoms with Gasteiger partial charge >= 0.3 is 0 Å². The second kappa shape index (κ2) is 3.88. The third-order valence-corrected chi connectivity index (χ3v) is 2.42. The quantitative estimate of drug-likeness (QED) is 0.746. The summed E-state index contributed by atoms with van der Waals surface area (Å²) < 4.78 is 5.67. The minimum atomic E-state index is 0.197. The van der Waals surface area contributed by atoms with Gasteiger partial charge in [-0.3, -0.25) is 0 Å². The van der Waals surface area contributed by atoms with Crippen molar-refractivity contribution in [1.29, 1.82) is 0 Å². The number of hydrogen-bond acceptors (Lipinski definition) is 3. The highest BCUT2D eigenvalue weighted by Gasteiger charge is 2.17. The molecule has 0 aliphatic carbocycles. The van der Waals surface area contributed by atoms with Crippen molar-refractivity contribution in [2.24, 2.45) is 0 Å². The molecule has 0 spiro atoms. The first-order valence-electron chi connectivity index (χ1n) is 4.93. The number of rotatable bonds is 2. The zero-order chi connectivity index (χ0) is 9.97. The van der Waals surface area contributed by atoms with Crippen LogP contribution in [-0.2, 0) is 0 Å². The standard InChI is InChI=1S/C11H15NO2/c1-8-2-3-10(13)11(6-8)14-9-4-5-12-7-9/h2-3,6,9,12-13H,4-5,7H2,1H3. The second-order valence-electron chi connectivity index (χ2n) is 3.70. The Balaban J connectivity index is 2.10. The molecule has 1 saturated heterocycles. The SMILES string of the molecule is Cc1ccc(O)c(OC2CCNC2)c1. The van der Waals surface area contributed by atoms with Gasteiger partial charge in [0.2, 0.25) is 0 Å². The summed E-state index contributed by atoms with van der Waals surface area (Å²) in [6, 6.07) is 5.41. The van der Waals surface area contributed by atoms with Gasteiger partial charge in [-0.05, 0) is 37.6 Å². The van der Waals surface area contributed by atoms with Crippen LogP contribution in [0.2, 0.25) is 0 Å². The van der Waals surface area contributed by atoms with Gasteiger partial charge in [0.05, 0.1) is 0 Å². The number of aryl methyl sites for hydroxylation is 1. The van der Waals surface area contributed by atoms with E-state index in [-0.39, 0.29) is 11.9 Å². The zero-order valence-electron chi connectivity index (χ0n) is 8.29. The van der Waals surface area contributed by atoms with Crippen molar-refractivity contribution in [3.05, 3.63) is 23.8 Å². The van der Waals surface area contributed by atoms with Crippen LogP contribution in [0.5, 0.6) is 11.5 Å². The molecule has 2 N–H and O–H groups in total. The minimum Gasteiger partial charge on any atom is -0.504 e. The molecule has 76 valence electrons. The van der Waals surface area contributed by atoms with Crippen molar-refractivity contribution in [3.8, 4) is 11.5 Å². The van der Waals surface area contributed by atoms with E-state index in [1.165, 1.54) is 0 Å². The third kappa shape index (κ3) is 1.99. The predicted molar refractivity (Wildman–Crippen MR) is 54.7 cm³/mol. The summed E-state index contributed by atoms with van der Waals surface area (Å²) in [4.78, 5) is 0. The van der Waals surface area contributed by atoms with E-state index in [4.69, 9.17) is 4.74 Å². The number of aromatic hydroxyl groups is 1. The van der Waals surface area contributed by atoms with E-state index in [1.807, 2.05) is 19.1 Å². The average molecular weight is 193 g/mol. The van der Waals surface area contributed by atoms with Crippen molar-refractivity contribution in [3.63, 3.8) is 0 Å². The molecule has 3 nitrogen and oxygen atoms in total. The van der Waals surface area contributed by atoms with Gasteiger partial charge in [0.15, 0.2) is 11.5 Å². The Morgan fingerprint density at radius 1 is 1.50 bits per heavy atom. The van der Waals surface area contributed by atoms with Crippen LogP contribution in [0.4, 0.5) is 0 Å². The van der Waals surface area contributed by atoms with Gasteiger partial charge in [-0.25, -0.2) is 0 Å². The Labute approximate surface area is 83.7 Å². The van der Waals surface area contributed by atoms with Crippen molar-refractivity contribution >= 4 is 0 Å². The van der Waals surface area contributed by atoms with E-state index in [9.17, 15) is 5.11 Å². The Bertz CT molecular complexity index is 319.